The maximum absolute atomic E-state index is 2.25. The summed E-state index contributed by atoms with van der Waals surface area (Å²) in [7, 11) is 2.10. The molecule has 1 heteroatoms. The SMILES string of the molecule is Cc1cc(C(C)(C)C)n(C)c1. The van der Waals surface area contributed by atoms with Crippen LogP contribution < -0.4 is 0 Å². The zero-order chi connectivity index (χ0) is 8.65. The molecule has 1 nitrogen and oxygen atoms in total. The zero-order valence-corrected chi connectivity index (χ0v) is 8.10. The van der Waals surface area contributed by atoms with Crippen molar-refractivity contribution in [2.24, 2.45) is 7.05 Å². The molecule has 11 heavy (non-hydrogen) atoms. The van der Waals surface area contributed by atoms with E-state index in [9.17, 15) is 0 Å². The van der Waals surface area contributed by atoms with E-state index in [0.29, 0.717) is 0 Å². The molecule has 0 bridgehead atoms. The molecule has 0 radical (unpaired) electrons. The monoisotopic (exact) mass is 151 g/mol. The van der Waals surface area contributed by atoms with Crippen molar-refractivity contribution in [3.8, 4) is 0 Å². The van der Waals surface area contributed by atoms with Gasteiger partial charge in [0.15, 0.2) is 0 Å². The van der Waals surface area contributed by atoms with Crippen LogP contribution in [0.15, 0.2) is 12.3 Å². The summed E-state index contributed by atoms with van der Waals surface area (Å²) in [4.78, 5) is 0. The highest BCUT2D eigenvalue weighted by molar-refractivity contribution is 5.22. The van der Waals surface area contributed by atoms with Crippen LogP contribution in [-0.2, 0) is 12.5 Å². The van der Waals surface area contributed by atoms with E-state index in [0.717, 1.165) is 0 Å². The molecule has 0 amide bonds. The van der Waals surface area contributed by atoms with Gasteiger partial charge in [-0.1, -0.05) is 20.8 Å². The molecule has 0 N–H and O–H groups in total. The van der Waals surface area contributed by atoms with Crippen molar-refractivity contribution < 1.29 is 0 Å². The quantitative estimate of drug-likeness (QED) is 0.537. The minimum absolute atomic E-state index is 0.267. The molecule has 0 aliphatic heterocycles. The molecule has 1 heterocycles. The van der Waals surface area contributed by atoms with Crippen LogP contribution in [0.4, 0.5) is 0 Å². The van der Waals surface area contributed by atoms with E-state index in [2.05, 4.69) is 51.6 Å². The van der Waals surface area contributed by atoms with Crippen LogP contribution in [-0.4, -0.2) is 4.57 Å². The van der Waals surface area contributed by atoms with Gasteiger partial charge in [-0.2, -0.15) is 0 Å². The van der Waals surface area contributed by atoms with Gasteiger partial charge in [0.05, 0.1) is 0 Å². The Morgan fingerprint density at radius 1 is 1.27 bits per heavy atom. The van der Waals surface area contributed by atoms with Crippen molar-refractivity contribution in [2.75, 3.05) is 0 Å². The minimum atomic E-state index is 0.267. The molecular formula is C10H17N. The average Bonchev–Trinajstić information content (AvgIpc) is 2.08. The summed E-state index contributed by atoms with van der Waals surface area (Å²) in [6.45, 7) is 8.85. The Morgan fingerprint density at radius 2 is 1.82 bits per heavy atom. The normalized spacial score (nSPS) is 12.1. The van der Waals surface area contributed by atoms with Gasteiger partial charge in [0.2, 0.25) is 0 Å². The predicted molar refractivity (Wildman–Crippen MR) is 48.9 cm³/mol. The van der Waals surface area contributed by atoms with E-state index in [4.69, 9.17) is 0 Å². The van der Waals surface area contributed by atoms with Gasteiger partial charge in [-0.25, -0.2) is 0 Å². The lowest BCUT2D eigenvalue weighted by molar-refractivity contribution is 0.543. The number of hydrogen-bond donors (Lipinski definition) is 0. The molecule has 0 spiro atoms. The third kappa shape index (κ3) is 1.65. The van der Waals surface area contributed by atoms with Gasteiger partial charge in [0.1, 0.15) is 0 Å². The standard InChI is InChI=1S/C10H17N/c1-8-6-9(10(2,3)4)11(5)7-8/h6-7H,1-5H3. The van der Waals surface area contributed by atoms with Crippen molar-refractivity contribution in [1.29, 1.82) is 0 Å². The van der Waals surface area contributed by atoms with E-state index in [-0.39, 0.29) is 5.41 Å². The summed E-state index contributed by atoms with van der Waals surface area (Å²) >= 11 is 0. The number of aromatic nitrogens is 1. The van der Waals surface area contributed by atoms with Gasteiger partial charge in [-0.3, -0.25) is 0 Å². The van der Waals surface area contributed by atoms with Gasteiger partial charge >= 0.3 is 0 Å². The Balaban J connectivity index is 3.13. The van der Waals surface area contributed by atoms with Crippen LogP contribution in [0.3, 0.4) is 0 Å². The minimum Gasteiger partial charge on any atom is -0.354 e. The van der Waals surface area contributed by atoms with E-state index in [1.54, 1.807) is 0 Å². The molecule has 0 fully saturated rings. The van der Waals surface area contributed by atoms with E-state index < -0.39 is 0 Å². The van der Waals surface area contributed by atoms with Gasteiger partial charge < -0.3 is 4.57 Å². The second kappa shape index (κ2) is 2.40. The Kier molecular flexibility index (Phi) is 1.83. The molecule has 62 valence electrons. The molecule has 0 atom stereocenters. The first kappa shape index (κ1) is 8.38. The molecule has 0 aliphatic rings. The van der Waals surface area contributed by atoms with Crippen LogP contribution in [0, 0.1) is 6.92 Å². The highest BCUT2D eigenvalue weighted by Crippen LogP contribution is 2.23. The topological polar surface area (TPSA) is 4.93 Å². The molecule has 0 unspecified atom stereocenters. The van der Waals surface area contributed by atoms with E-state index in [1.165, 1.54) is 11.3 Å². The fraction of sp³-hybridized carbons (Fsp3) is 0.600. The van der Waals surface area contributed by atoms with Gasteiger partial charge in [-0.15, -0.1) is 0 Å². The average molecular weight is 151 g/mol. The van der Waals surface area contributed by atoms with Gasteiger partial charge in [-0.05, 0) is 18.6 Å². The number of nitrogens with zero attached hydrogens (tertiary/aromatic N) is 1. The molecule has 0 saturated heterocycles. The fourth-order valence-corrected chi connectivity index (χ4v) is 1.48. The summed E-state index contributed by atoms with van der Waals surface area (Å²) in [5, 5.41) is 0. The number of rotatable bonds is 0. The molecule has 1 rings (SSSR count). The maximum atomic E-state index is 2.25. The van der Waals surface area contributed by atoms with Crippen molar-refractivity contribution >= 4 is 0 Å². The van der Waals surface area contributed by atoms with Crippen LogP contribution in [0.25, 0.3) is 0 Å². The van der Waals surface area contributed by atoms with Gasteiger partial charge in [0.25, 0.3) is 0 Å². The molecule has 0 saturated carbocycles. The Hall–Kier alpha value is -0.720. The smallest absolute Gasteiger partial charge is 0.0228 e. The predicted octanol–water partition coefficient (Wildman–Crippen LogP) is 2.63. The molecule has 1 aromatic rings. The first-order valence-electron chi connectivity index (χ1n) is 4.05. The largest absolute Gasteiger partial charge is 0.354 e. The first-order valence-corrected chi connectivity index (χ1v) is 4.05. The highest BCUT2D eigenvalue weighted by Gasteiger charge is 2.16. The summed E-state index contributed by atoms with van der Waals surface area (Å²) in [5.74, 6) is 0. The lowest BCUT2D eigenvalue weighted by Crippen LogP contribution is -2.15. The van der Waals surface area contributed by atoms with Crippen LogP contribution in [0.1, 0.15) is 32.0 Å². The summed E-state index contributed by atoms with van der Waals surface area (Å²) in [5.41, 5.74) is 3.01. The summed E-state index contributed by atoms with van der Waals surface area (Å²) in [6.07, 6.45) is 2.17. The lowest BCUT2D eigenvalue weighted by Gasteiger charge is -2.19. The maximum Gasteiger partial charge on any atom is 0.0228 e. The van der Waals surface area contributed by atoms with E-state index >= 15 is 0 Å². The van der Waals surface area contributed by atoms with E-state index in [1.807, 2.05) is 0 Å². The fourth-order valence-electron chi connectivity index (χ4n) is 1.48. The lowest BCUT2D eigenvalue weighted by atomic mass is 9.92. The molecule has 0 aliphatic carbocycles. The van der Waals surface area contributed by atoms with Crippen LogP contribution in [0.2, 0.25) is 0 Å². The first-order chi connectivity index (χ1) is 4.91. The number of aryl methyl sites for hydroxylation is 2. The Bertz CT molecular complexity index is 250. The summed E-state index contributed by atoms with van der Waals surface area (Å²) in [6, 6.07) is 2.25. The molecular weight excluding hydrogens is 134 g/mol. The van der Waals surface area contributed by atoms with Crippen LogP contribution in [0.5, 0.6) is 0 Å². The van der Waals surface area contributed by atoms with Crippen molar-refractivity contribution in [3.63, 3.8) is 0 Å². The third-order valence-electron chi connectivity index (χ3n) is 1.91. The highest BCUT2D eigenvalue weighted by atomic mass is 14.9. The molecule has 0 aromatic carbocycles. The second-order valence-electron chi connectivity index (χ2n) is 4.26. The Morgan fingerprint density at radius 3 is 2.00 bits per heavy atom. The zero-order valence-electron chi connectivity index (χ0n) is 8.10. The van der Waals surface area contributed by atoms with Crippen molar-refractivity contribution in [2.45, 2.75) is 33.1 Å². The summed E-state index contributed by atoms with van der Waals surface area (Å²) < 4.78 is 2.20. The van der Waals surface area contributed by atoms with Crippen LogP contribution >= 0.6 is 0 Å². The molecule has 1 aromatic heterocycles. The number of hydrogen-bond acceptors (Lipinski definition) is 0. The second-order valence-corrected chi connectivity index (χ2v) is 4.26. The Labute approximate surface area is 69.0 Å². The third-order valence-corrected chi connectivity index (χ3v) is 1.91. The van der Waals surface area contributed by atoms with Crippen molar-refractivity contribution in [3.05, 3.63) is 23.5 Å². The van der Waals surface area contributed by atoms with Crippen molar-refractivity contribution in [1.82, 2.24) is 4.57 Å². The van der Waals surface area contributed by atoms with Gasteiger partial charge in [0, 0.05) is 24.4 Å².